The molecule has 3 rings (SSSR count). The summed E-state index contributed by atoms with van der Waals surface area (Å²) in [5.41, 5.74) is 1.14. The maximum atomic E-state index is 6.26. The van der Waals surface area contributed by atoms with Gasteiger partial charge in [0.1, 0.15) is 5.82 Å². The second-order valence-corrected chi connectivity index (χ2v) is 8.07. The van der Waals surface area contributed by atoms with E-state index in [-0.39, 0.29) is 0 Å². The number of halogens is 1. The van der Waals surface area contributed by atoms with E-state index in [1.54, 1.807) is 24.6 Å². The van der Waals surface area contributed by atoms with Gasteiger partial charge in [-0.2, -0.15) is 0 Å². The fraction of sp³-hybridized carbons (Fsp3) is 0.500. The van der Waals surface area contributed by atoms with E-state index < -0.39 is 0 Å². The second kappa shape index (κ2) is 8.68. The molecule has 1 saturated heterocycles. The molecule has 3 heterocycles. The Morgan fingerprint density at radius 1 is 1.46 bits per heavy atom. The molecule has 0 aromatic carbocycles. The third-order valence-electron chi connectivity index (χ3n) is 4.44. The molecule has 0 spiro atoms. The van der Waals surface area contributed by atoms with Crippen LogP contribution in [0.25, 0.3) is 0 Å². The fourth-order valence-corrected chi connectivity index (χ4v) is 4.35. The van der Waals surface area contributed by atoms with Crippen LogP contribution in [-0.2, 0) is 6.42 Å². The molecule has 1 unspecified atom stereocenters. The second-order valence-electron chi connectivity index (χ2n) is 6.38. The van der Waals surface area contributed by atoms with Gasteiger partial charge in [-0.05, 0) is 32.4 Å². The predicted octanol–water partition coefficient (Wildman–Crippen LogP) is 2.79. The molecule has 0 bridgehead atoms. The summed E-state index contributed by atoms with van der Waals surface area (Å²) in [5.74, 6) is 1.69. The molecule has 6 nitrogen and oxygen atoms in total. The highest BCUT2D eigenvalue weighted by molar-refractivity contribution is 7.11. The Labute approximate surface area is 163 Å². The van der Waals surface area contributed by atoms with Crippen molar-refractivity contribution in [3.8, 4) is 0 Å². The first kappa shape index (κ1) is 18.9. The summed E-state index contributed by atoms with van der Waals surface area (Å²) in [6.45, 7) is 6.76. The average molecular weight is 393 g/mol. The molecule has 1 aliphatic heterocycles. The largest absolute Gasteiger partial charge is 0.356 e. The summed E-state index contributed by atoms with van der Waals surface area (Å²) in [6, 6.07) is 4.07. The van der Waals surface area contributed by atoms with Crippen molar-refractivity contribution in [1.82, 2.24) is 20.6 Å². The summed E-state index contributed by atoms with van der Waals surface area (Å²) < 4.78 is 0. The van der Waals surface area contributed by atoms with E-state index in [1.807, 2.05) is 12.1 Å². The highest BCUT2D eigenvalue weighted by Gasteiger charge is 2.25. The minimum Gasteiger partial charge on any atom is -0.356 e. The Kier molecular flexibility index (Phi) is 6.32. The Morgan fingerprint density at radius 3 is 3.00 bits per heavy atom. The van der Waals surface area contributed by atoms with Gasteiger partial charge in [-0.3, -0.25) is 4.99 Å². The van der Waals surface area contributed by atoms with E-state index in [9.17, 15) is 0 Å². The highest BCUT2D eigenvalue weighted by Crippen LogP contribution is 2.25. The lowest BCUT2D eigenvalue weighted by Gasteiger charge is -2.20. The number of thiazole rings is 1. The van der Waals surface area contributed by atoms with E-state index >= 15 is 0 Å². The van der Waals surface area contributed by atoms with Crippen LogP contribution in [0.2, 0.25) is 5.02 Å². The molecule has 8 heteroatoms. The molecular formula is C18H25ClN6S. The van der Waals surface area contributed by atoms with Crippen molar-refractivity contribution in [2.75, 3.05) is 31.6 Å². The number of aliphatic imine (C=N–C) groups is 1. The Balaban J connectivity index is 1.48. The quantitative estimate of drug-likeness (QED) is 0.605. The van der Waals surface area contributed by atoms with Gasteiger partial charge in [0.25, 0.3) is 0 Å². The molecule has 0 amide bonds. The monoisotopic (exact) mass is 392 g/mol. The first-order chi connectivity index (χ1) is 12.6. The molecule has 0 saturated carbocycles. The normalized spacial score (nSPS) is 17.6. The molecule has 0 aliphatic carbocycles. The van der Waals surface area contributed by atoms with Crippen LogP contribution >= 0.6 is 22.9 Å². The minimum atomic E-state index is 0.326. The van der Waals surface area contributed by atoms with Gasteiger partial charge < -0.3 is 15.5 Å². The molecule has 26 heavy (non-hydrogen) atoms. The smallest absolute Gasteiger partial charge is 0.191 e. The molecule has 2 N–H and O–H groups in total. The zero-order valence-electron chi connectivity index (χ0n) is 15.4. The zero-order chi connectivity index (χ0) is 18.5. The average Bonchev–Trinajstić information content (AvgIpc) is 3.20. The maximum absolute atomic E-state index is 6.26. The lowest BCUT2D eigenvalue weighted by atomic mass is 10.2. The zero-order valence-corrected chi connectivity index (χ0v) is 17.0. The van der Waals surface area contributed by atoms with Crippen LogP contribution in [-0.4, -0.2) is 48.7 Å². The third-order valence-corrected chi connectivity index (χ3v) is 5.86. The lowest BCUT2D eigenvalue weighted by molar-refractivity contribution is 0.648. The lowest BCUT2D eigenvalue weighted by Crippen LogP contribution is -2.45. The van der Waals surface area contributed by atoms with E-state index in [2.05, 4.69) is 44.3 Å². The van der Waals surface area contributed by atoms with Gasteiger partial charge in [0.2, 0.25) is 0 Å². The molecule has 1 atom stereocenters. The van der Waals surface area contributed by atoms with Gasteiger partial charge >= 0.3 is 0 Å². The Hall–Kier alpha value is -1.86. The van der Waals surface area contributed by atoms with Gasteiger partial charge in [-0.15, -0.1) is 11.3 Å². The van der Waals surface area contributed by atoms with Gasteiger partial charge in [-0.1, -0.05) is 11.6 Å². The number of aryl methyl sites for hydroxylation is 2. The maximum Gasteiger partial charge on any atom is 0.191 e. The number of anilines is 1. The number of nitrogens with zero attached hydrogens (tertiary/aromatic N) is 4. The number of aromatic nitrogens is 2. The van der Waals surface area contributed by atoms with Crippen LogP contribution in [0, 0.1) is 13.8 Å². The van der Waals surface area contributed by atoms with Crippen LogP contribution in [0.5, 0.6) is 0 Å². The molecule has 140 valence electrons. The van der Waals surface area contributed by atoms with Crippen LogP contribution in [0.4, 0.5) is 5.82 Å². The number of guanidine groups is 1. The number of hydrogen-bond donors (Lipinski definition) is 2. The Bertz CT molecular complexity index is 775. The third kappa shape index (κ3) is 4.65. The molecule has 0 radical (unpaired) electrons. The summed E-state index contributed by atoms with van der Waals surface area (Å²) >= 11 is 8.03. The first-order valence-electron chi connectivity index (χ1n) is 8.82. The van der Waals surface area contributed by atoms with Crippen molar-refractivity contribution in [2.45, 2.75) is 32.7 Å². The van der Waals surface area contributed by atoms with Crippen LogP contribution in [0.3, 0.4) is 0 Å². The van der Waals surface area contributed by atoms with Crippen molar-refractivity contribution in [3.63, 3.8) is 0 Å². The fourth-order valence-electron chi connectivity index (χ4n) is 3.17. The summed E-state index contributed by atoms with van der Waals surface area (Å²) in [7, 11) is 1.81. The van der Waals surface area contributed by atoms with Crippen molar-refractivity contribution in [1.29, 1.82) is 0 Å². The van der Waals surface area contributed by atoms with Gasteiger partial charge in [-0.25, -0.2) is 9.97 Å². The van der Waals surface area contributed by atoms with E-state index in [4.69, 9.17) is 11.6 Å². The SMILES string of the molecule is CN=C(NCCc1sc(C)nc1C)NC1CCN(c2ncccc2Cl)C1. The Morgan fingerprint density at radius 2 is 2.31 bits per heavy atom. The predicted molar refractivity (Wildman–Crippen MR) is 110 cm³/mol. The van der Waals surface area contributed by atoms with Crippen LogP contribution in [0.15, 0.2) is 23.3 Å². The minimum absolute atomic E-state index is 0.326. The van der Waals surface area contributed by atoms with Crippen molar-refractivity contribution >= 4 is 34.7 Å². The van der Waals surface area contributed by atoms with Crippen LogP contribution in [0.1, 0.15) is 22.0 Å². The van der Waals surface area contributed by atoms with Crippen LogP contribution < -0.4 is 15.5 Å². The van der Waals surface area contributed by atoms with Crippen molar-refractivity contribution < 1.29 is 0 Å². The number of hydrogen-bond acceptors (Lipinski definition) is 5. The molecule has 1 fully saturated rings. The molecule has 2 aromatic heterocycles. The number of rotatable bonds is 5. The first-order valence-corrected chi connectivity index (χ1v) is 10.0. The van der Waals surface area contributed by atoms with E-state index in [0.29, 0.717) is 11.1 Å². The number of pyridine rings is 1. The van der Waals surface area contributed by atoms with Gasteiger partial charge in [0.05, 0.1) is 15.7 Å². The van der Waals surface area contributed by atoms with E-state index in [1.165, 1.54) is 4.88 Å². The van der Waals surface area contributed by atoms with Crippen molar-refractivity contribution in [3.05, 3.63) is 38.9 Å². The van der Waals surface area contributed by atoms with Gasteiger partial charge in [0, 0.05) is 50.2 Å². The molecule has 2 aromatic rings. The van der Waals surface area contributed by atoms with Crippen molar-refractivity contribution in [2.24, 2.45) is 4.99 Å². The highest BCUT2D eigenvalue weighted by atomic mass is 35.5. The topological polar surface area (TPSA) is 65.4 Å². The molecule has 1 aliphatic rings. The summed E-state index contributed by atoms with van der Waals surface area (Å²) in [6.07, 6.45) is 3.77. The summed E-state index contributed by atoms with van der Waals surface area (Å²) in [4.78, 5) is 16.8. The standard InChI is InChI=1S/C18H25ClN6S/c1-12-16(26-13(2)23-12)6-9-22-18(20-3)24-14-7-10-25(11-14)17-15(19)5-4-8-21-17/h4-5,8,14H,6-7,9-11H2,1-3H3,(H2,20,22,24). The van der Waals surface area contributed by atoms with E-state index in [0.717, 1.165) is 55.0 Å². The molecular weight excluding hydrogens is 368 g/mol. The van der Waals surface area contributed by atoms with Gasteiger partial charge in [0.15, 0.2) is 5.96 Å². The number of nitrogens with one attached hydrogen (secondary N) is 2. The summed E-state index contributed by atoms with van der Waals surface area (Å²) in [5, 5.41) is 8.73.